The number of hydrogen-bond donors (Lipinski definition) is 1. The normalized spacial score (nSPS) is 16.4. The van der Waals surface area contributed by atoms with Crippen LogP contribution in [0.2, 0.25) is 0 Å². The van der Waals surface area contributed by atoms with E-state index in [0.29, 0.717) is 0 Å². The van der Waals surface area contributed by atoms with Gasteiger partial charge in [-0.1, -0.05) is 19.2 Å². The molecule has 2 aromatic rings. The zero-order valence-electron chi connectivity index (χ0n) is 17.5. The van der Waals surface area contributed by atoms with Gasteiger partial charge >= 0.3 is 0 Å². The van der Waals surface area contributed by atoms with Crippen LogP contribution in [0.15, 0.2) is 54.3 Å². The molecule has 0 aliphatic heterocycles. The van der Waals surface area contributed by atoms with Gasteiger partial charge in [0.15, 0.2) is 0 Å². The van der Waals surface area contributed by atoms with Crippen LogP contribution in [0.25, 0.3) is 11.1 Å². The molecule has 3 rings (SSSR count). The molecule has 2 heterocycles. The summed E-state index contributed by atoms with van der Waals surface area (Å²) in [6.07, 6.45) is 9.82. The van der Waals surface area contributed by atoms with Gasteiger partial charge in [-0.25, -0.2) is 0 Å². The van der Waals surface area contributed by atoms with Gasteiger partial charge in [-0.2, -0.15) is 0 Å². The molecule has 29 heavy (non-hydrogen) atoms. The van der Waals surface area contributed by atoms with Crippen LogP contribution in [0.1, 0.15) is 47.4 Å². The molecule has 1 unspecified atom stereocenters. The fraction of sp³-hybridized carbons (Fsp3) is 0.333. The Balaban J connectivity index is 2.08. The number of pyridine rings is 1. The topological polar surface area (TPSA) is 58.4 Å². The third-order valence-corrected chi connectivity index (χ3v) is 5.18. The molecule has 1 aliphatic carbocycles. The third kappa shape index (κ3) is 4.74. The molecule has 5 nitrogen and oxygen atoms in total. The van der Waals surface area contributed by atoms with E-state index in [2.05, 4.69) is 34.4 Å². The molecule has 152 valence electrons. The number of furan rings is 1. The SMILES string of the molecule is C=CC(=O)NC1CCC=C(c2c(CN(C)C)cnc(C)c2C(=C)c2ccco2)C1. The molecule has 0 saturated heterocycles. The lowest BCUT2D eigenvalue weighted by molar-refractivity contribution is -0.117. The van der Waals surface area contributed by atoms with E-state index >= 15 is 0 Å². The van der Waals surface area contributed by atoms with Gasteiger partial charge < -0.3 is 14.6 Å². The van der Waals surface area contributed by atoms with Crippen molar-refractivity contribution in [3.63, 3.8) is 0 Å². The Labute approximate surface area is 172 Å². The molecule has 0 radical (unpaired) electrons. The minimum absolute atomic E-state index is 0.0888. The summed E-state index contributed by atoms with van der Waals surface area (Å²) in [6, 6.07) is 3.88. The van der Waals surface area contributed by atoms with Crippen LogP contribution in [-0.4, -0.2) is 35.9 Å². The number of aromatic nitrogens is 1. The van der Waals surface area contributed by atoms with Crippen LogP contribution in [0, 0.1) is 6.92 Å². The number of aryl methyl sites for hydroxylation is 1. The van der Waals surface area contributed by atoms with Crippen molar-refractivity contribution < 1.29 is 9.21 Å². The molecule has 1 amide bonds. The number of amides is 1. The molecule has 5 heteroatoms. The fourth-order valence-electron chi connectivity index (χ4n) is 3.91. The Bertz CT molecular complexity index is 939. The average molecular weight is 392 g/mol. The van der Waals surface area contributed by atoms with E-state index in [1.807, 2.05) is 39.3 Å². The van der Waals surface area contributed by atoms with Crippen molar-refractivity contribution in [3.8, 4) is 0 Å². The van der Waals surface area contributed by atoms with Crippen LogP contribution in [0.3, 0.4) is 0 Å². The van der Waals surface area contributed by atoms with Crippen molar-refractivity contribution in [1.29, 1.82) is 0 Å². The Morgan fingerprint density at radius 3 is 2.90 bits per heavy atom. The lowest BCUT2D eigenvalue weighted by atomic mass is 9.83. The first-order valence-electron chi connectivity index (χ1n) is 9.89. The maximum absolute atomic E-state index is 11.8. The zero-order chi connectivity index (χ0) is 21.0. The van der Waals surface area contributed by atoms with Gasteiger partial charge in [-0.15, -0.1) is 0 Å². The first-order chi connectivity index (χ1) is 13.9. The molecular formula is C24H29N3O2. The van der Waals surface area contributed by atoms with Crippen molar-refractivity contribution in [1.82, 2.24) is 15.2 Å². The summed E-state index contributed by atoms with van der Waals surface area (Å²) in [6.45, 7) is 10.7. The lowest BCUT2D eigenvalue weighted by Crippen LogP contribution is -2.35. The minimum Gasteiger partial charge on any atom is -0.464 e. The zero-order valence-corrected chi connectivity index (χ0v) is 17.5. The Morgan fingerprint density at radius 2 is 2.24 bits per heavy atom. The summed E-state index contributed by atoms with van der Waals surface area (Å²) in [5.74, 6) is 0.613. The highest BCUT2D eigenvalue weighted by atomic mass is 16.3. The van der Waals surface area contributed by atoms with Crippen molar-refractivity contribution >= 4 is 17.1 Å². The predicted molar refractivity (Wildman–Crippen MR) is 117 cm³/mol. The van der Waals surface area contributed by atoms with Gasteiger partial charge in [0.2, 0.25) is 5.91 Å². The number of hydrogen-bond acceptors (Lipinski definition) is 4. The first kappa shape index (κ1) is 20.8. The highest BCUT2D eigenvalue weighted by molar-refractivity contribution is 5.89. The number of nitrogens with zero attached hydrogens (tertiary/aromatic N) is 2. The Kier molecular flexibility index (Phi) is 6.49. The number of carbonyl (C=O) groups excluding carboxylic acids is 1. The Hall–Kier alpha value is -2.92. The summed E-state index contributed by atoms with van der Waals surface area (Å²) in [5.41, 5.74) is 6.28. The van der Waals surface area contributed by atoms with Gasteiger partial charge in [-0.3, -0.25) is 9.78 Å². The second kappa shape index (κ2) is 9.05. The summed E-state index contributed by atoms with van der Waals surface area (Å²) < 4.78 is 5.63. The van der Waals surface area contributed by atoms with Gasteiger partial charge in [0.25, 0.3) is 0 Å². The monoisotopic (exact) mass is 391 g/mol. The summed E-state index contributed by atoms with van der Waals surface area (Å²) >= 11 is 0. The van der Waals surface area contributed by atoms with E-state index in [9.17, 15) is 4.79 Å². The molecule has 0 bridgehead atoms. The van der Waals surface area contributed by atoms with Crippen LogP contribution in [0.4, 0.5) is 0 Å². The van der Waals surface area contributed by atoms with Crippen molar-refractivity contribution in [2.45, 2.75) is 38.8 Å². The van der Waals surface area contributed by atoms with Gasteiger partial charge in [-0.05, 0) is 75.2 Å². The van der Waals surface area contributed by atoms with E-state index in [4.69, 9.17) is 4.42 Å². The highest BCUT2D eigenvalue weighted by Gasteiger charge is 2.25. The number of rotatable bonds is 7. The Morgan fingerprint density at radius 1 is 1.45 bits per heavy atom. The number of nitrogens with one attached hydrogen (secondary N) is 1. The van der Waals surface area contributed by atoms with E-state index in [-0.39, 0.29) is 11.9 Å². The van der Waals surface area contributed by atoms with Gasteiger partial charge in [0.1, 0.15) is 5.76 Å². The quantitative estimate of drug-likeness (QED) is 0.713. The smallest absolute Gasteiger partial charge is 0.243 e. The van der Waals surface area contributed by atoms with E-state index in [1.165, 1.54) is 11.6 Å². The van der Waals surface area contributed by atoms with Crippen LogP contribution >= 0.6 is 0 Å². The van der Waals surface area contributed by atoms with Crippen molar-refractivity contribution in [2.75, 3.05) is 14.1 Å². The van der Waals surface area contributed by atoms with Crippen LogP contribution in [0.5, 0.6) is 0 Å². The molecule has 0 aromatic carbocycles. The van der Waals surface area contributed by atoms with E-state index in [1.54, 1.807) is 6.26 Å². The summed E-state index contributed by atoms with van der Waals surface area (Å²) in [4.78, 5) is 18.6. The molecule has 1 aliphatic rings. The molecule has 2 aromatic heterocycles. The maximum Gasteiger partial charge on any atom is 0.243 e. The second-order valence-electron chi connectivity index (χ2n) is 7.73. The first-order valence-corrected chi connectivity index (χ1v) is 9.89. The minimum atomic E-state index is -0.129. The molecule has 0 fully saturated rings. The largest absolute Gasteiger partial charge is 0.464 e. The molecule has 1 N–H and O–H groups in total. The lowest BCUT2D eigenvalue weighted by Gasteiger charge is -2.28. The predicted octanol–water partition coefficient (Wildman–Crippen LogP) is 4.34. The maximum atomic E-state index is 11.8. The summed E-state index contributed by atoms with van der Waals surface area (Å²) in [5, 5.41) is 3.05. The second-order valence-corrected chi connectivity index (χ2v) is 7.73. The third-order valence-electron chi connectivity index (χ3n) is 5.18. The van der Waals surface area contributed by atoms with Crippen molar-refractivity contribution in [2.24, 2.45) is 0 Å². The molecule has 1 atom stereocenters. The number of carbonyl (C=O) groups is 1. The fourth-order valence-corrected chi connectivity index (χ4v) is 3.91. The van der Waals surface area contributed by atoms with Gasteiger partial charge in [0, 0.05) is 35.6 Å². The average Bonchev–Trinajstić information content (AvgIpc) is 3.23. The van der Waals surface area contributed by atoms with E-state index in [0.717, 1.165) is 59.5 Å². The highest BCUT2D eigenvalue weighted by Crippen LogP contribution is 2.37. The molecular weight excluding hydrogens is 362 g/mol. The standard InChI is InChI=1S/C24H29N3O2/c1-6-22(28)26-20-10-7-9-18(13-20)24-19(15-27(4)5)14-25-17(3)23(24)16(2)21-11-8-12-29-21/h6,8-9,11-12,14,20H,1-2,7,10,13,15H2,3-5H3,(H,26,28). The van der Waals surface area contributed by atoms with Crippen LogP contribution in [-0.2, 0) is 11.3 Å². The number of allylic oxidation sites excluding steroid dienone is 1. The van der Waals surface area contributed by atoms with Gasteiger partial charge in [0.05, 0.1) is 6.26 Å². The van der Waals surface area contributed by atoms with Crippen LogP contribution < -0.4 is 5.32 Å². The van der Waals surface area contributed by atoms with Crippen molar-refractivity contribution in [3.05, 3.63) is 78.0 Å². The molecule has 0 saturated carbocycles. The molecule has 0 spiro atoms. The summed E-state index contributed by atoms with van der Waals surface area (Å²) in [7, 11) is 4.10. The van der Waals surface area contributed by atoms with E-state index < -0.39 is 0 Å².